The van der Waals surface area contributed by atoms with Crippen LogP contribution < -0.4 is 15.4 Å². The summed E-state index contributed by atoms with van der Waals surface area (Å²) in [7, 11) is 0. The van der Waals surface area contributed by atoms with Gasteiger partial charge in [-0.15, -0.1) is 0 Å². The Morgan fingerprint density at radius 1 is 0.905 bits per heavy atom. The van der Waals surface area contributed by atoms with Crippen molar-refractivity contribution in [2.45, 2.75) is 20.8 Å². The predicted molar refractivity (Wildman–Crippen MR) is 87.2 cm³/mol. The fourth-order valence-electron chi connectivity index (χ4n) is 2.05. The van der Waals surface area contributed by atoms with Gasteiger partial charge in [-0.1, -0.05) is 0 Å². The third-order valence-corrected chi connectivity index (χ3v) is 3.01. The minimum Gasteiger partial charge on any atom is -0.494 e. The lowest BCUT2D eigenvalue weighted by Gasteiger charge is -2.25. The Kier molecular flexibility index (Phi) is 8.62. The number of nitrogens with zero attached hydrogens (tertiary/aromatic N) is 1. The number of hydrogen-bond acceptors (Lipinski definition) is 5. The second kappa shape index (κ2) is 10.3. The maximum atomic E-state index is 5.97. The molecule has 21 heavy (non-hydrogen) atoms. The maximum Gasteiger partial charge on any atom is 0.123 e. The van der Waals surface area contributed by atoms with Crippen LogP contribution in [-0.2, 0) is 9.47 Å². The van der Waals surface area contributed by atoms with Crippen molar-refractivity contribution in [3.05, 3.63) is 18.2 Å². The Balaban J connectivity index is 2.78. The third-order valence-electron chi connectivity index (χ3n) is 3.01. The lowest BCUT2D eigenvalue weighted by atomic mass is 10.2. The monoisotopic (exact) mass is 296 g/mol. The standard InChI is InChI=1S/C16H28N2O3/c1-4-19-9-7-18(8-10-20-5-2)15-11-14(17)12-16(13-15)21-6-3/h11-13H,4-10,17H2,1-3H3. The number of benzene rings is 1. The van der Waals surface area contributed by atoms with E-state index in [2.05, 4.69) is 4.90 Å². The van der Waals surface area contributed by atoms with Crippen LogP contribution in [0.4, 0.5) is 11.4 Å². The van der Waals surface area contributed by atoms with E-state index in [1.54, 1.807) is 0 Å². The molecule has 0 bridgehead atoms. The predicted octanol–water partition coefficient (Wildman–Crippen LogP) is 2.55. The lowest BCUT2D eigenvalue weighted by molar-refractivity contribution is 0.141. The van der Waals surface area contributed by atoms with Crippen molar-refractivity contribution in [3.63, 3.8) is 0 Å². The van der Waals surface area contributed by atoms with Crippen LogP contribution in [0.2, 0.25) is 0 Å². The molecule has 0 aliphatic carbocycles. The molecule has 1 aromatic carbocycles. The summed E-state index contributed by atoms with van der Waals surface area (Å²) < 4.78 is 16.5. The SMILES string of the molecule is CCOCCN(CCOCC)c1cc(N)cc(OCC)c1. The zero-order valence-corrected chi connectivity index (χ0v) is 13.4. The highest BCUT2D eigenvalue weighted by atomic mass is 16.5. The Morgan fingerprint density at radius 3 is 2.05 bits per heavy atom. The number of anilines is 2. The summed E-state index contributed by atoms with van der Waals surface area (Å²) in [6.07, 6.45) is 0. The summed E-state index contributed by atoms with van der Waals surface area (Å²) in [5.41, 5.74) is 7.71. The van der Waals surface area contributed by atoms with E-state index in [0.29, 0.717) is 25.5 Å². The Bertz CT molecular complexity index is 389. The molecule has 5 heteroatoms. The molecule has 0 aliphatic heterocycles. The maximum absolute atomic E-state index is 5.97. The van der Waals surface area contributed by atoms with E-state index in [1.165, 1.54) is 0 Å². The Morgan fingerprint density at radius 2 is 1.52 bits per heavy atom. The van der Waals surface area contributed by atoms with E-state index >= 15 is 0 Å². The molecule has 1 aromatic rings. The van der Waals surface area contributed by atoms with Crippen LogP contribution in [0.25, 0.3) is 0 Å². The van der Waals surface area contributed by atoms with Crippen LogP contribution >= 0.6 is 0 Å². The van der Waals surface area contributed by atoms with E-state index in [-0.39, 0.29) is 0 Å². The fourth-order valence-corrected chi connectivity index (χ4v) is 2.05. The van der Waals surface area contributed by atoms with Gasteiger partial charge in [0.25, 0.3) is 0 Å². The van der Waals surface area contributed by atoms with Gasteiger partial charge in [0, 0.05) is 49.8 Å². The first-order valence-corrected chi connectivity index (χ1v) is 7.65. The first-order chi connectivity index (χ1) is 10.2. The number of ether oxygens (including phenoxy) is 3. The zero-order chi connectivity index (χ0) is 15.5. The van der Waals surface area contributed by atoms with Gasteiger partial charge in [0.1, 0.15) is 5.75 Å². The minimum atomic E-state index is 0.626. The van der Waals surface area contributed by atoms with Gasteiger partial charge in [-0.25, -0.2) is 0 Å². The highest BCUT2D eigenvalue weighted by molar-refractivity contribution is 5.60. The molecule has 0 aromatic heterocycles. The average molecular weight is 296 g/mol. The third kappa shape index (κ3) is 6.69. The van der Waals surface area contributed by atoms with E-state index in [1.807, 2.05) is 39.0 Å². The topological polar surface area (TPSA) is 57.0 Å². The summed E-state index contributed by atoms with van der Waals surface area (Å²) >= 11 is 0. The van der Waals surface area contributed by atoms with Crippen LogP contribution in [0.1, 0.15) is 20.8 Å². The normalized spacial score (nSPS) is 10.6. The Hall–Kier alpha value is -1.46. The molecule has 5 nitrogen and oxygen atoms in total. The van der Waals surface area contributed by atoms with Crippen LogP contribution in [0, 0.1) is 0 Å². The smallest absolute Gasteiger partial charge is 0.123 e. The molecule has 0 saturated heterocycles. The molecule has 0 unspecified atom stereocenters. The molecular formula is C16H28N2O3. The van der Waals surface area contributed by atoms with E-state index in [9.17, 15) is 0 Å². The molecule has 0 amide bonds. The molecular weight excluding hydrogens is 268 g/mol. The van der Waals surface area contributed by atoms with Crippen molar-refractivity contribution < 1.29 is 14.2 Å². The summed E-state index contributed by atoms with van der Waals surface area (Å²) in [5.74, 6) is 0.797. The van der Waals surface area contributed by atoms with E-state index < -0.39 is 0 Å². The van der Waals surface area contributed by atoms with E-state index in [0.717, 1.165) is 37.7 Å². The summed E-state index contributed by atoms with van der Waals surface area (Å²) in [6.45, 7) is 11.0. The molecule has 0 spiro atoms. The minimum absolute atomic E-state index is 0.626. The average Bonchev–Trinajstić information content (AvgIpc) is 2.46. The summed E-state index contributed by atoms with van der Waals surface area (Å²) in [5, 5.41) is 0. The number of nitrogen functional groups attached to an aromatic ring is 1. The molecule has 2 N–H and O–H groups in total. The molecule has 0 fully saturated rings. The van der Waals surface area contributed by atoms with Crippen LogP contribution in [0.5, 0.6) is 5.75 Å². The van der Waals surface area contributed by atoms with Crippen molar-refractivity contribution in [2.24, 2.45) is 0 Å². The van der Waals surface area contributed by atoms with Crippen LogP contribution in [0.15, 0.2) is 18.2 Å². The van der Waals surface area contributed by atoms with Gasteiger partial charge >= 0.3 is 0 Å². The first kappa shape index (κ1) is 17.6. The van der Waals surface area contributed by atoms with Gasteiger partial charge in [0.05, 0.1) is 19.8 Å². The summed E-state index contributed by atoms with van der Waals surface area (Å²) in [6, 6.07) is 5.81. The Labute approximate surface area is 128 Å². The van der Waals surface area contributed by atoms with Gasteiger partial charge in [0.15, 0.2) is 0 Å². The highest BCUT2D eigenvalue weighted by Crippen LogP contribution is 2.25. The first-order valence-electron chi connectivity index (χ1n) is 7.65. The summed E-state index contributed by atoms with van der Waals surface area (Å²) in [4.78, 5) is 2.21. The molecule has 0 atom stereocenters. The van der Waals surface area contributed by atoms with Crippen molar-refractivity contribution >= 4 is 11.4 Å². The van der Waals surface area contributed by atoms with Gasteiger partial charge in [-0.05, 0) is 26.8 Å². The second-order valence-electron chi connectivity index (χ2n) is 4.57. The quantitative estimate of drug-likeness (QED) is 0.502. The largest absolute Gasteiger partial charge is 0.494 e. The fraction of sp³-hybridized carbons (Fsp3) is 0.625. The van der Waals surface area contributed by atoms with Gasteiger partial charge < -0.3 is 24.8 Å². The van der Waals surface area contributed by atoms with E-state index in [4.69, 9.17) is 19.9 Å². The molecule has 0 radical (unpaired) electrons. The van der Waals surface area contributed by atoms with Crippen molar-refractivity contribution in [3.8, 4) is 5.75 Å². The second-order valence-corrected chi connectivity index (χ2v) is 4.57. The van der Waals surface area contributed by atoms with Gasteiger partial charge in [0.2, 0.25) is 0 Å². The van der Waals surface area contributed by atoms with Crippen molar-refractivity contribution in [1.29, 1.82) is 0 Å². The van der Waals surface area contributed by atoms with Gasteiger partial charge in [-0.2, -0.15) is 0 Å². The van der Waals surface area contributed by atoms with Crippen molar-refractivity contribution in [2.75, 3.05) is 56.8 Å². The molecule has 0 heterocycles. The van der Waals surface area contributed by atoms with Gasteiger partial charge in [-0.3, -0.25) is 0 Å². The molecule has 0 saturated carbocycles. The van der Waals surface area contributed by atoms with Crippen LogP contribution in [-0.4, -0.2) is 46.1 Å². The number of rotatable bonds is 11. The lowest BCUT2D eigenvalue weighted by Crippen LogP contribution is -2.31. The highest BCUT2D eigenvalue weighted by Gasteiger charge is 2.09. The molecule has 1 rings (SSSR count). The van der Waals surface area contributed by atoms with Crippen LogP contribution in [0.3, 0.4) is 0 Å². The number of nitrogens with two attached hydrogens (primary N) is 1. The molecule has 120 valence electrons. The molecule has 0 aliphatic rings. The number of hydrogen-bond donors (Lipinski definition) is 1. The van der Waals surface area contributed by atoms with Crippen molar-refractivity contribution in [1.82, 2.24) is 0 Å². The zero-order valence-electron chi connectivity index (χ0n) is 13.4.